The lowest BCUT2D eigenvalue weighted by atomic mass is 9.89. The lowest BCUT2D eigenvalue weighted by molar-refractivity contribution is -0.154. The van der Waals surface area contributed by atoms with Crippen LogP contribution in [0.3, 0.4) is 0 Å². The van der Waals surface area contributed by atoms with Gasteiger partial charge in [0.2, 0.25) is 0 Å². The number of esters is 1. The van der Waals surface area contributed by atoms with Crippen molar-refractivity contribution in [1.29, 1.82) is 0 Å². The SMILES string of the molecule is CC(C)(C)OC(=O)CCCCNCc1ccc(N/C(=C2\C(=O)Nc3ccc(C(=O)NCC4CCCCC4)cc32)c2ccccc2)cc1. The summed E-state index contributed by atoms with van der Waals surface area (Å²) < 4.78 is 5.37. The lowest BCUT2D eigenvalue weighted by Gasteiger charge is -2.21. The van der Waals surface area contributed by atoms with E-state index in [1.807, 2.05) is 75.4 Å². The maximum atomic E-state index is 13.5. The zero-order valence-electron chi connectivity index (χ0n) is 27.9. The van der Waals surface area contributed by atoms with Crippen LogP contribution in [0.4, 0.5) is 11.4 Å². The van der Waals surface area contributed by atoms with Crippen molar-refractivity contribution < 1.29 is 19.1 Å². The molecule has 1 saturated carbocycles. The summed E-state index contributed by atoms with van der Waals surface area (Å²) in [5.41, 5.74) is 5.53. The Morgan fingerprint density at radius 2 is 1.64 bits per heavy atom. The molecule has 1 aliphatic carbocycles. The summed E-state index contributed by atoms with van der Waals surface area (Å²) in [7, 11) is 0. The molecule has 0 atom stereocenters. The van der Waals surface area contributed by atoms with Gasteiger partial charge < -0.3 is 26.0 Å². The summed E-state index contributed by atoms with van der Waals surface area (Å²) in [5, 5.41) is 13.1. The Morgan fingerprint density at radius 1 is 0.894 bits per heavy atom. The van der Waals surface area contributed by atoms with Crippen LogP contribution in [0, 0.1) is 5.92 Å². The molecule has 0 spiro atoms. The minimum absolute atomic E-state index is 0.112. The fourth-order valence-corrected chi connectivity index (χ4v) is 6.17. The van der Waals surface area contributed by atoms with Crippen molar-refractivity contribution in [3.63, 3.8) is 0 Å². The zero-order valence-corrected chi connectivity index (χ0v) is 27.9. The van der Waals surface area contributed by atoms with Crippen LogP contribution < -0.4 is 21.3 Å². The molecule has 4 N–H and O–H groups in total. The summed E-state index contributed by atoms with van der Waals surface area (Å²) in [6.07, 6.45) is 8.17. The number of amides is 2. The van der Waals surface area contributed by atoms with E-state index in [9.17, 15) is 14.4 Å². The van der Waals surface area contributed by atoms with Crippen molar-refractivity contribution in [1.82, 2.24) is 10.6 Å². The van der Waals surface area contributed by atoms with Gasteiger partial charge in [-0.2, -0.15) is 0 Å². The highest BCUT2D eigenvalue weighted by atomic mass is 16.6. The molecule has 5 rings (SSSR count). The van der Waals surface area contributed by atoms with Crippen molar-refractivity contribution in [2.75, 3.05) is 23.7 Å². The van der Waals surface area contributed by atoms with Gasteiger partial charge in [0.05, 0.1) is 11.3 Å². The summed E-state index contributed by atoms with van der Waals surface area (Å²) in [5.74, 6) is 0.0598. The van der Waals surface area contributed by atoms with E-state index in [4.69, 9.17) is 4.74 Å². The summed E-state index contributed by atoms with van der Waals surface area (Å²) >= 11 is 0. The van der Waals surface area contributed by atoms with Gasteiger partial charge in [0.25, 0.3) is 11.8 Å². The lowest BCUT2D eigenvalue weighted by Crippen LogP contribution is -2.30. The number of nitrogens with one attached hydrogen (secondary N) is 4. The van der Waals surface area contributed by atoms with Gasteiger partial charge >= 0.3 is 5.97 Å². The van der Waals surface area contributed by atoms with Crippen LogP contribution in [0.15, 0.2) is 72.8 Å². The highest BCUT2D eigenvalue weighted by Gasteiger charge is 2.29. The number of rotatable bonds is 13. The average Bonchev–Trinajstić information content (AvgIpc) is 3.39. The number of fused-ring (bicyclic) bond motifs is 1. The Hall–Kier alpha value is -4.43. The normalized spacial score (nSPS) is 15.9. The number of carbonyl (C=O) groups is 3. The average molecular weight is 637 g/mol. The largest absolute Gasteiger partial charge is 0.460 e. The van der Waals surface area contributed by atoms with E-state index in [0.29, 0.717) is 53.5 Å². The van der Waals surface area contributed by atoms with Crippen LogP contribution in [-0.4, -0.2) is 36.5 Å². The van der Waals surface area contributed by atoms with Gasteiger partial charge in [-0.1, -0.05) is 61.7 Å². The summed E-state index contributed by atoms with van der Waals surface area (Å²) in [6, 6.07) is 23.3. The van der Waals surface area contributed by atoms with Gasteiger partial charge in [-0.15, -0.1) is 0 Å². The van der Waals surface area contributed by atoms with Crippen LogP contribution in [0.25, 0.3) is 11.3 Å². The molecular weight excluding hydrogens is 588 g/mol. The first-order chi connectivity index (χ1) is 22.7. The van der Waals surface area contributed by atoms with Crippen molar-refractivity contribution in [2.24, 2.45) is 5.92 Å². The van der Waals surface area contributed by atoms with Gasteiger partial charge in [-0.3, -0.25) is 14.4 Å². The van der Waals surface area contributed by atoms with Crippen molar-refractivity contribution in [3.05, 3.63) is 95.1 Å². The van der Waals surface area contributed by atoms with Crippen LogP contribution in [-0.2, 0) is 20.9 Å². The molecule has 2 amide bonds. The number of unbranched alkanes of at least 4 members (excludes halogenated alkanes) is 1. The third kappa shape index (κ3) is 9.78. The topological polar surface area (TPSA) is 109 Å². The molecule has 8 nitrogen and oxygen atoms in total. The van der Waals surface area contributed by atoms with E-state index >= 15 is 0 Å². The second kappa shape index (κ2) is 15.9. The second-order valence-electron chi connectivity index (χ2n) is 13.6. The number of anilines is 2. The van der Waals surface area contributed by atoms with E-state index in [2.05, 4.69) is 33.4 Å². The number of benzene rings is 3. The summed E-state index contributed by atoms with van der Waals surface area (Å²) in [4.78, 5) is 38.5. The van der Waals surface area contributed by atoms with E-state index < -0.39 is 5.60 Å². The first-order valence-corrected chi connectivity index (χ1v) is 17.0. The molecule has 0 radical (unpaired) electrons. The highest BCUT2D eigenvalue weighted by molar-refractivity contribution is 6.37. The Balaban J connectivity index is 1.25. The molecule has 3 aromatic carbocycles. The third-order valence-electron chi connectivity index (χ3n) is 8.57. The van der Waals surface area contributed by atoms with Gasteiger partial charge in [0.15, 0.2) is 0 Å². The Bertz CT molecular complexity index is 1570. The number of ether oxygens (including phenoxy) is 1. The van der Waals surface area contributed by atoms with Gasteiger partial charge in [-0.05, 0) is 100 Å². The van der Waals surface area contributed by atoms with Crippen LogP contribution in [0.1, 0.15) is 99.2 Å². The Kier molecular flexibility index (Phi) is 11.5. The van der Waals surface area contributed by atoms with Crippen molar-refractivity contribution >= 4 is 40.4 Å². The fourth-order valence-electron chi connectivity index (χ4n) is 6.17. The molecule has 1 heterocycles. The highest BCUT2D eigenvalue weighted by Crippen LogP contribution is 2.38. The quantitative estimate of drug-likeness (QED) is 0.0878. The zero-order chi connectivity index (χ0) is 33.2. The molecule has 0 unspecified atom stereocenters. The predicted molar refractivity (Wildman–Crippen MR) is 189 cm³/mol. The van der Waals surface area contributed by atoms with Crippen LogP contribution in [0.5, 0.6) is 0 Å². The maximum absolute atomic E-state index is 13.5. The molecule has 0 saturated heterocycles. The Labute approximate surface area is 278 Å². The molecule has 1 aliphatic heterocycles. The molecule has 47 heavy (non-hydrogen) atoms. The fraction of sp³-hybridized carbons (Fsp3) is 0.410. The Morgan fingerprint density at radius 3 is 2.36 bits per heavy atom. The first-order valence-electron chi connectivity index (χ1n) is 17.0. The molecule has 0 bridgehead atoms. The van der Waals surface area contributed by atoms with E-state index in [1.165, 1.54) is 19.3 Å². The third-order valence-corrected chi connectivity index (χ3v) is 8.57. The maximum Gasteiger partial charge on any atom is 0.306 e. The summed E-state index contributed by atoms with van der Waals surface area (Å²) in [6.45, 7) is 7.85. The smallest absolute Gasteiger partial charge is 0.306 e. The predicted octanol–water partition coefficient (Wildman–Crippen LogP) is 7.53. The molecule has 1 fully saturated rings. The van der Waals surface area contributed by atoms with Gasteiger partial charge in [0, 0.05) is 42.0 Å². The monoisotopic (exact) mass is 636 g/mol. The molecule has 248 valence electrons. The van der Waals surface area contributed by atoms with Crippen LogP contribution in [0.2, 0.25) is 0 Å². The van der Waals surface area contributed by atoms with Gasteiger partial charge in [0.1, 0.15) is 5.60 Å². The van der Waals surface area contributed by atoms with Gasteiger partial charge in [-0.25, -0.2) is 0 Å². The number of hydrogen-bond donors (Lipinski definition) is 4. The van der Waals surface area contributed by atoms with Crippen LogP contribution >= 0.6 is 0 Å². The van der Waals surface area contributed by atoms with E-state index in [0.717, 1.165) is 49.0 Å². The molecular formula is C39H48N4O4. The number of hydrogen-bond acceptors (Lipinski definition) is 6. The number of carbonyl (C=O) groups excluding carboxylic acids is 3. The molecule has 2 aliphatic rings. The van der Waals surface area contributed by atoms with Crippen molar-refractivity contribution in [2.45, 2.75) is 84.3 Å². The molecule has 0 aromatic heterocycles. The minimum atomic E-state index is -0.447. The minimum Gasteiger partial charge on any atom is -0.460 e. The van der Waals surface area contributed by atoms with Crippen molar-refractivity contribution in [3.8, 4) is 0 Å². The second-order valence-corrected chi connectivity index (χ2v) is 13.6. The molecule has 8 heteroatoms. The first kappa shape index (κ1) is 33.9. The van der Waals surface area contributed by atoms with E-state index in [1.54, 1.807) is 6.07 Å². The molecule has 3 aromatic rings. The standard InChI is InChI=1S/C39H48N4O4/c1-39(2,3)47-34(44)16-10-11-23-40-25-28-17-20-31(21-18-28)42-36(29-14-8-5-9-15-29)35-32-24-30(19-22-33(32)43-38(35)46)37(45)41-26-27-12-6-4-7-13-27/h5,8-9,14-15,17-22,24,27,40,42H,4,6-7,10-13,16,23,25-26H2,1-3H3,(H,41,45)(H,43,46)/b36-35-. The van der Waals surface area contributed by atoms with E-state index in [-0.39, 0.29) is 17.8 Å².